The number of ether oxygens (including phenoxy) is 1. The van der Waals surface area contributed by atoms with Crippen LogP contribution in [0, 0.1) is 0 Å². The third-order valence-electron chi connectivity index (χ3n) is 4.55. The zero-order valence-electron chi connectivity index (χ0n) is 15.6. The molecule has 1 heterocycles. The number of carbonyl (C=O) groups excluding carboxylic acids is 1. The molecule has 0 bridgehead atoms. The lowest BCUT2D eigenvalue weighted by Gasteiger charge is -2.38. The highest BCUT2D eigenvalue weighted by Crippen LogP contribution is 2.33. The van der Waals surface area contributed by atoms with Gasteiger partial charge in [-0.1, -0.05) is 30.3 Å². The molecule has 2 aromatic rings. The summed E-state index contributed by atoms with van der Waals surface area (Å²) in [6.45, 7) is 3.92. The number of carbonyl (C=O) groups is 1. The van der Waals surface area contributed by atoms with E-state index in [9.17, 15) is 4.79 Å². The number of rotatable bonds is 7. The number of likely N-dealkylation sites (N-methyl/N-ethyl adjacent to an activating group) is 1. The van der Waals surface area contributed by atoms with E-state index in [0.717, 1.165) is 36.8 Å². The number of anilines is 2. The van der Waals surface area contributed by atoms with Crippen molar-refractivity contribution in [3.63, 3.8) is 0 Å². The molecule has 0 aliphatic carbocycles. The molecule has 0 aromatic heterocycles. The molecule has 0 saturated heterocycles. The fraction of sp³-hybridized carbons (Fsp3) is 0.381. The highest BCUT2D eigenvalue weighted by Gasteiger charge is 2.26. The highest BCUT2D eigenvalue weighted by atomic mass is 16.5. The smallest absolute Gasteiger partial charge is 0.230 e. The summed E-state index contributed by atoms with van der Waals surface area (Å²) < 4.78 is 5.68. The second-order valence-electron chi connectivity index (χ2n) is 6.74. The van der Waals surface area contributed by atoms with Crippen molar-refractivity contribution >= 4 is 17.3 Å². The molecule has 0 spiro atoms. The lowest BCUT2D eigenvalue weighted by atomic mass is 10.1. The Kier molecular flexibility index (Phi) is 6.12. The molecule has 1 aliphatic heterocycles. The summed E-state index contributed by atoms with van der Waals surface area (Å²) in [6.07, 6.45) is 0.376. The lowest BCUT2D eigenvalue weighted by Crippen LogP contribution is -2.46. The fourth-order valence-corrected chi connectivity index (χ4v) is 3.14. The van der Waals surface area contributed by atoms with Crippen LogP contribution in [0.2, 0.25) is 0 Å². The van der Waals surface area contributed by atoms with E-state index in [0.29, 0.717) is 19.6 Å². The Balaban J connectivity index is 1.62. The van der Waals surface area contributed by atoms with Gasteiger partial charge in [-0.15, -0.1) is 0 Å². The average Bonchev–Trinajstić information content (AvgIpc) is 2.66. The Morgan fingerprint density at radius 2 is 1.69 bits per heavy atom. The maximum Gasteiger partial charge on any atom is 0.230 e. The van der Waals surface area contributed by atoms with Crippen LogP contribution >= 0.6 is 0 Å². The van der Waals surface area contributed by atoms with Crippen LogP contribution in [0.25, 0.3) is 0 Å². The van der Waals surface area contributed by atoms with Gasteiger partial charge in [0.25, 0.3) is 0 Å². The molecule has 138 valence electrons. The predicted molar refractivity (Wildman–Crippen MR) is 106 cm³/mol. The standard InChI is InChI=1S/C21H27N3O2/c1-22(2)13-14-23-15-16-24(20-11-7-6-10-19(20)23)21(25)12-17-26-18-8-4-3-5-9-18/h3-11H,12-17H2,1-2H3. The molecule has 0 saturated carbocycles. The van der Waals surface area contributed by atoms with Crippen molar-refractivity contribution in [3.8, 4) is 5.75 Å². The molecule has 0 fully saturated rings. The van der Waals surface area contributed by atoms with Gasteiger partial charge in [-0.3, -0.25) is 4.79 Å². The normalized spacial score (nSPS) is 13.7. The number of fused-ring (bicyclic) bond motifs is 1. The second-order valence-corrected chi connectivity index (χ2v) is 6.74. The van der Waals surface area contributed by atoms with Crippen molar-refractivity contribution in [2.75, 3.05) is 56.7 Å². The summed E-state index contributed by atoms with van der Waals surface area (Å²) in [5.74, 6) is 0.912. The van der Waals surface area contributed by atoms with E-state index in [1.807, 2.05) is 53.4 Å². The lowest BCUT2D eigenvalue weighted by molar-refractivity contribution is -0.119. The van der Waals surface area contributed by atoms with Gasteiger partial charge >= 0.3 is 0 Å². The van der Waals surface area contributed by atoms with Crippen LogP contribution in [0.4, 0.5) is 11.4 Å². The Hall–Kier alpha value is -2.53. The van der Waals surface area contributed by atoms with Gasteiger partial charge in [0, 0.05) is 26.2 Å². The Labute approximate surface area is 155 Å². The van der Waals surface area contributed by atoms with E-state index < -0.39 is 0 Å². The molecule has 5 nitrogen and oxygen atoms in total. The maximum atomic E-state index is 12.7. The summed E-state index contributed by atoms with van der Waals surface area (Å²) in [5, 5.41) is 0. The molecule has 1 aliphatic rings. The molecule has 26 heavy (non-hydrogen) atoms. The summed E-state index contributed by atoms with van der Waals surface area (Å²) in [6, 6.07) is 17.8. The van der Waals surface area contributed by atoms with Crippen LogP contribution in [0.1, 0.15) is 6.42 Å². The summed E-state index contributed by atoms with van der Waals surface area (Å²) in [5.41, 5.74) is 2.14. The van der Waals surface area contributed by atoms with Crippen LogP contribution in [0.3, 0.4) is 0 Å². The molecule has 5 heteroatoms. The first-order chi connectivity index (χ1) is 12.6. The topological polar surface area (TPSA) is 36.0 Å². The van der Waals surface area contributed by atoms with E-state index in [1.54, 1.807) is 0 Å². The van der Waals surface area contributed by atoms with Crippen LogP contribution < -0.4 is 14.5 Å². The van der Waals surface area contributed by atoms with Crippen molar-refractivity contribution < 1.29 is 9.53 Å². The summed E-state index contributed by atoms with van der Waals surface area (Å²) in [4.78, 5) is 19.2. The first kappa shape index (κ1) is 18.3. The molecule has 0 unspecified atom stereocenters. The zero-order valence-corrected chi connectivity index (χ0v) is 15.6. The van der Waals surface area contributed by atoms with Crippen LogP contribution in [0.5, 0.6) is 5.75 Å². The quantitative estimate of drug-likeness (QED) is 0.767. The molecule has 0 N–H and O–H groups in total. The molecule has 2 aromatic carbocycles. The van der Waals surface area contributed by atoms with Crippen LogP contribution in [0.15, 0.2) is 54.6 Å². The molecular weight excluding hydrogens is 326 g/mol. The molecule has 0 radical (unpaired) electrons. The van der Waals surface area contributed by atoms with Crippen molar-refractivity contribution in [1.29, 1.82) is 0 Å². The number of para-hydroxylation sites is 3. The first-order valence-electron chi connectivity index (χ1n) is 9.12. The number of hydrogen-bond acceptors (Lipinski definition) is 4. The third-order valence-corrected chi connectivity index (χ3v) is 4.55. The van der Waals surface area contributed by atoms with Crippen molar-refractivity contribution in [3.05, 3.63) is 54.6 Å². The van der Waals surface area contributed by atoms with Gasteiger partial charge in [0.15, 0.2) is 0 Å². The van der Waals surface area contributed by atoms with Crippen LogP contribution in [-0.4, -0.2) is 57.7 Å². The maximum absolute atomic E-state index is 12.7. The van der Waals surface area contributed by atoms with Gasteiger partial charge in [-0.05, 0) is 38.4 Å². The van der Waals surface area contributed by atoms with Crippen molar-refractivity contribution in [2.24, 2.45) is 0 Å². The van der Waals surface area contributed by atoms with Gasteiger partial charge in [0.2, 0.25) is 5.91 Å². The fourth-order valence-electron chi connectivity index (χ4n) is 3.14. The minimum Gasteiger partial charge on any atom is -0.493 e. The molecule has 1 amide bonds. The van der Waals surface area contributed by atoms with E-state index in [4.69, 9.17) is 4.74 Å². The largest absolute Gasteiger partial charge is 0.493 e. The minimum absolute atomic E-state index is 0.112. The van der Waals surface area contributed by atoms with Gasteiger partial charge in [0.05, 0.1) is 24.4 Å². The van der Waals surface area contributed by atoms with Gasteiger partial charge in [0.1, 0.15) is 5.75 Å². The highest BCUT2D eigenvalue weighted by molar-refractivity contribution is 5.97. The molecule has 3 rings (SSSR count). The monoisotopic (exact) mass is 353 g/mol. The van der Waals surface area contributed by atoms with Gasteiger partial charge in [-0.25, -0.2) is 0 Å². The second kappa shape index (κ2) is 8.72. The number of benzene rings is 2. The van der Waals surface area contributed by atoms with Gasteiger partial charge in [-0.2, -0.15) is 0 Å². The molecular formula is C21H27N3O2. The Bertz CT molecular complexity index is 718. The minimum atomic E-state index is 0.112. The van der Waals surface area contributed by atoms with E-state index in [-0.39, 0.29) is 5.91 Å². The first-order valence-corrected chi connectivity index (χ1v) is 9.12. The zero-order chi connectivity index (χ0) is 18.4. The van der Waals surface area contributed by atoms with E-state index in [2.05, 4.69) is 30.0 Å². The van der Waals surface area contributed by atoms with E-state index in [1.165, 1.54) is 0 Å². The third kappa shape index (κ3) is 4.55. The van der Waals surface area contributed by atoms with Crippen molar-refractivity contribution in [2.45, 2.75) is 6.42 Å². The van der Waals surface area contributed by atoms with E-state index >= 15 is 0 Å². The number of nitrogens with zero attached hydrogens (tertiary/aromatic N) is 3. The Morgan fingerprint density at radius 1 is 1.00 bits per heavy atom. The van der Waals surface area contributed by atoms with Gasteiger partial charge < -0.3 is 19.4 Å². The summed E-state index contributed by atoms with van der Waals surface area (Å²) in [7, 11) is 4.16. The number of hydrogen-bond donors (Lipinski definition) is 0. The number of amides is 1. The van der Waals surface area contributed by atoms with Crippen molar-refractivity contribution in [1.82, 2.24) is 4.90 Å². The average molecular weight is 353 g/mol. The SMILES string of the molecule is CN(C)CCN1CCN(C(=O)CCOc2ccccc2)c2ccccc21. The summed E-state index contributed by atoms with van der Waals surface area (Å²) >= 11 is 0. The van der Waals surface area contributed by atoms with Crippen LogP contribution in [-0.2, 0) is 4.79 Å². The predicted octanol–water partition coefficient (Wildman–Crippen LogP) is 2.87. The Morgan fingerprint density at radius 3 is 2.42 bits per heavy atom. The molecule has 0 atom stereocenters.